The number of amides is 2. The van der Waals surface area contributed by atoms with Crippen molar-refractivity contribution in [2.24, 2.45) is 11.7 Å². The summed E-state index contributed by atoms with van der Waals surface area (Å²) in [5, 5.41) is 0. The zero-order valence-corrected chi connectivity index (χ0v) is 18.9. The summed E-state index contributed by atoms with van der Waals surface area (Å²) in [4.78, 5) is 31.2. The highest BCUT2D eigenvalue weighted by atomic mass is 19.3. The van der Waals surface area contributed by atoms with E-state index in [0.717, 1.165) is 64.8 Å². The van der Waals surface area contributed by atoms with Crippen molar-refractivity contribution in [1.82, 2.24) is 9.80 Å². The van der Waals surface area contributed by atoms with Crippen LogP contribution >= 0.6 is 0 Å². The van der Waals surface area contributed by atoms with E-state index in [1.807, 2.05) is 4.90 Å². The highest BCUT2D eigenvalue weighted by Crippen LogP contribution is 2.63. The molecule has 1 aromatic rings. The zero-order valence-electron chi connectivity index (χ0n) is 18.9. The zero-order chi connectivity index (χ0) is 22.9. The second kappa shape index (κ2) is 9.33. The lowest BCUT2D eigenvalue weighted by molar-refractivity contribution is -0.121. The van der Waals surface area contributed by atoms with Crippen LogP contribution in [-0.2, 0) is 4.79 Å². The third kappa shape index (κ3) is 4.47. The molecule has 1 aromatic carbocycles. The number of carbonyl (C=O) groups excluding carboxylic acids is 2. The van der Waals surface area contributed by atoms with Crippen LogP contribution < -0.4 is 10.6 Å². The summed E-state index contributed by atoms with van der Waals surface area (Å²) in [6, 6.07) is 5.04. The fourth-order valence-corrected chi connectivity index (χ4v) is 5.27. The number of alkyl halides is 2. The Morgan fingerprint density at radius 3 is 2.25 bits per heavy atom. The number of benzene rings is 1. The molecular formula is C24H34F2N4O2. The van der Waals surface area contributed by atoms with Gasteiger partial charge in [-0.3, -0.25) is 14.5 Å². The number of halogens is 2. The number of nitrogens with two attached hydrogens (primary N) is 1. The lowest BCUT2D eigenvalue weighted by Gasteiger charge is -2.35. The summed E-state index contributed by atoms with van der Waals surface area (Å²) >= 11 is 0. The van der Waals surface area contributed by atoms with Crippen molar-refractivity contribution in [3.8, 4) is 0 Å². The van der Waals surface area contributed by atoms with Crippen LogP contribution in [0.4, 0.5) is 14.5 Å². The maximum Gasteiger partial charge on any atom is 0.268 e. The molecule has 3 aliphatic rings. The molecule has 2 saturated heterocycles. The average molecular weight is 449 g/mol. The summed E-state index contributed by atoms with van der Waals surface area (Å²) < 4.78 is 28.9. The van der Waals surface area contributed by atoms with Crippen LogP contribution in [0.25, 0.3) is 0 Å². The summed E-state index contributed by atoms with van der Waals surface area (Å²) in [5.74, 6) is -6.83. The normalized spacial score (nSPS) is 26.0. The number of rotatable bonds is 6. The largest absolute Gasteiger partial charge is 0.371 e. The van der Waals surface area contributed by atoms with Gasteiger partial charge in [0.05, 0.1) is 5.92 Å². The van der Waals surface area contributed by atoms with E-state index in [0.29, 0.717) is 29.9 Å². The number of carbonyl (C=O) groups is 2. The molecule has 0 spiro atoms. The quantitative estimate of drug-likeness (QED) is 0.726. The van der Waals surface area contributed by atoms with Crippen LogP contribution in [0.5, 0.6) is 0 Å². The van der Waals surface area contributed by atoms with Gasteiger partial charge in [-0.15, -0.1) is 0 Å². The van der Waals surface area contributed by atoms with E-state index in [1.54, 1.807) is 18.2 Å². The molecule has 0 radical (unpaired) electrons. The number of hydrogen-bond acceptors (Lipinski definition) is 4. The van der Waals surface area contributed by atoms with Gasteiger partial charge in [-0.25, -0.2) is 8.78 Å². The summed E-state index contributed by atoms with van der Waals surface area (Å²) in [6.45, 7) is 7.76. The average Bonchev–Trinajstić information content (AvgIpc) is 3.45. The molecule has 32 heavy (non-hydrogen) atoms. The van der Waals surface area contributed by atoms with Crippen LogP contribution in [0.15, 0.2) is 18.2 Å². The van der Waals surface area contributed by atoms with Gasteiger partial charge in [0, 0.05) is 50.5 Å². The standard InChI is InChI=1S/C24H34F2N4O2/c1-2-9-28-12-14-30(15-13-28)23(32)17-7-8-18(20-21(22(27)31)24(20,25)26)19(16-17)29-10-5-3-4-6-11-29/h7-8,16,20-21H,2-6,9-15H2,1H3,(H2,27,31). The lowest BCUT2D eigenvalue weighted by Crippen LogP contribution is -2.48. The second-order valence-electron chi connectivity index (χ2n) is 9.34. The molecule has 3 fully saturated rings. The van der Waals surface area contributed by atoms with Crippen molar-refractivity contribution in [1.29, 1.82) is 0 Å². The van der Waals surface area contributed by atoms with Gasteiger partial charge in [-0.05, 0) is 43.5 Å². The first-order chi connectivity index (χ1) is 15.3. The molecule has 0 aromatic heterocycles. The van der Waals surface area contributed by atoms with Crippen molar-refractivity contribution in [3.63, 3.8) is 0 Å². The van der Waals surface area contributed by atoms with Crippen molar-refractivity contribution < 1.29 is 18.4 Å². The second-order valence-corrected chi connectivity index (χ2v) is 9.34. The minimum atomic E-state index is -3.13. The van der Waals surface area contributed by atoms with E-state index in [4.69, 9.17) is 5.73 Å². The number of anilines is 1. The first kappa shape index (κ1) is 23.0. The predicted molar refractivity (Wildman–Crippen MR) is 120 cm³/mol. The van der Waals surface area contributed by atoms with E-state index in [9.17, 15) is 18.4 Å². The van der Waals surface area contributed by atoms with E-state index < -0.39 is 23.7 Å². The van der Waals surface area contributed by atoms with Gasteiger partial charge >= 0.3 is 0 Å². The highest BCUT2D eigenvalue weighted by Gasteiger charge is 2.72. The van der Waals surface area contributed by atoms with Gasteiger partial charge in [0.15, 0.2) is 0 Å². The topological polar surface area (TPSA) is 69.9 Å². The molecule has 176 valence electrons. The van der Waals surface area contributed by atoms with Gasteiger partial charge in [-0.2, -0.15) is 0 Å². The van der Waals surface area contributed by atoms with Crippen LogP contribution in [0.1, 0.15) is 60.9 Å². The van der Waals surface area contributed by atoms with Gasteiger partial charge in [0.1, 0.15) is 5.92 Å². The molecule has 2 N–H and O–H groups in total. The molecule has 4 rings (SSSR count). The molecule has 8 heteroatoms. The fourth-order valence-electron chi connectivity index (χ4n) is 5.27. The van der Waals surface area contributed by atoms with Gasteiger partial charge in [0.25, 0.3) is 11.8 Å². The molecule has 2 atom stereocenters. The van der Waals surface area contributed by atoms with Gasteiger partial charge < -0.3 is 15.5 Å². The predicted octanol–water partition coefficient (Wildman–Crippen LogP) is 3.07. The monoisotopic (exact) mass is 448 g/mol. The molecular weight excluding hydrogens is 414 g/mol. The van der Waals surface area contributed by atoms with E-state index in [-0.39, 0.29) is 5.91 Å². The molecule has 1 saturated carbocycles. The Morgan fingerprint density at radius 1 is 1.03 bits per heavy atom. The van der Waals surface area contributed by atoms with Crippen LogP contribution in [0.3, 0.4) is 0 Å². The number of primary amides is 1. The van der Waals surface area contributed by atoms with E-state index in [2.05, 4.69) is 16.7 Å². The van der Waals surface area contributed by atoms with Crippen LogP contribution in [0, 0.1) is 5.92 Å². The Kier molecular flexibility index (Phi) is 6.70. The Labute approximate surface area is 188 Å². The first-order valence-corrected chi connectivity index (χ1v) is 11.9. The van der Waals surface area contributed by atoms with E-state index >= 15 is 0 Å². The highest BCUT2D eigenvalue weighted by molar-refractivity contribution is 5.96. The number of piperazine rings is 1. The van der Waals surface area contributed by atoms with Crippen molar-refractivity contribution >= 4 is 17.5 Å². The minimum Gasteiger partial charge on any atom is -0.371 e. The summed E-state index contributed by atoms with van der Waals surface area (Å²) in [5.41, 5.74) is 6.89. The molecule has 1 aliphatic carbocycles. The van der Waals surface area contributed by atoms with Crippen molar-refractivity contribution in [2.45, 2.75) is 50.9 Å². The summed E-state index contributed by atoms with van der Waals surface area (Å²) in [6.07, 6.45) is 5.27. The molecule has 2 unspecified atom stereocenters. The van der Waals surface area contributed by atoms with Crippen molar-refractivity contribution in [2.75, 3.05) is 50.7 Å². The van der Waals surface area contributed by atoms with Crippen LogP contribution in [0.2, 0.25) is 0 Å². The molecule has 2 amide bonds. The Hall–Kier alpha value is -2.22. The lowest BCUT2D eigenvalue weighted by atomic mass is 10.0. The first-order valence-electron chi connectivity index (χ1n) is 11.9. The number of nitrogens with zero attached hydrogens (tertiary/aromatic N) is 3. The third-order valence-corrected chi connectivity index (χ3v) is 7.12. The van der Waals surface area contributed by atoms with Crippen molar-refractivity contribution in [3.05, 3.63) is 29.3 Å². The SMILES string of the molecule is CCCN1CCN(C(=O)c2ccc(C3C(C(N)=O)C3(F)F)c(N3CCCCCC3)c2)CC1. The third-order valence-electron chi connectivity index (χ3n) is 7.12. The molecule has 2 heterocycles. The Balaban J connectivity index is 1.60. The maximum absolute atomic E-state index is 14.5. The molecule has 0 bridgehead atoms. The fraction of sp³-hybridized carbons (Fsp3) is 0.667. The smallest absolute Gasteiger partial charge is 0.268 e. The van der Waals surface area contributed by atoms with Gasteiger partial charge in [-0.1, -0.05) is 25.8 Å². The molecule has 6 nitrogen and oxygen atoms in total. The minimum absolute atomic E-state index is 0.0576. The molecule has 2 aliphatic heterocycles. The Bertz CT molecular complexity index is 846. The number of hydrogen-bond donors (Lipinski definition) is 1. The van der Waals surface area contributed by atoms with E-state index in [1.165, 1.54) is 0 Å². The van der Waals surface area contributed by atoms with Gasteiger partial charge in [0.2, 0.25) is 5.91 Å². The summed E-state index contributed by atoms with van der Waals surface area (Å²) in [7, 11) is 0. The maximum atomic E-state index is 14.5. The van der Waals surface area contributed by atoms with Crippen LogP contribution in [-0.4, -0.2) is 73.4 Å². The Morgan fingerprint density at radius 2 is 1.69 bits per heavy atom.